The molecule has 0 aromatic rings. The fourth-order valence-corrected chi connectivity index (χ4v) is 2.49. The van der Waals surface area contributed by atoms with E-state index in [2.05, 4.69) is 31.1 Å². The van der Waals surface area contributed by atoms with Crippen molar-refractivity contribution in [2.75, 3.05) is 26.7 Å². The first-order valence-electron chi connectivity index (χ1n) is 6.51. The molecule has 0 bridgehead atoms. The minimum atomic E-state index is 0.652. The molecule has 1 heterocycles. The fourth-order valence-electron chi connectivity index (χ4n) is 2.49. The number of likely N-dealkylation sites (tertiary alicyclic amines) is 1. The van der Waals surface area contributed by atoms with Crippen molar-refractivity contribution in [1.29, 1.82) is 0 Å². The minimum Gasteiger partial charge on any atom is -0.313 e. The highest BCUT2D eigenvalue weighted by Gasteiger charge is 2.37. The standard InChI is InChI=1S/C13H26N2/c1-11(14-10-13(2)6-7-13)12-4-8-15(3)9-5-12/h11-12,14H,4-10H2,1-3H3. The zero-order valence-corrected chi connectivity index (χ0v) is 10.6. The summed E-state index contributed by atoms with van der Waals surface area (Å²) in [6.07, 6.45) is 5.61. The van der Waals surface area contributed by atoms with E-state index in [1.807, 2.05) is 0 Å². The molecule has 88 valence electrons. The zero-order valence-electron chi connectivity index (χ0n) is 10.6. The van der Waals surface area contributed by atoms with Gasteiger partial charge >= 0.3 is 0 Å². The summed E-state index contributed by atoms with van der Waals surface area (Å²) in [6.45, 7) is 8.59. The molecule has 1 aliphatic heterocycles. The number of rotatable bonds is 4. The summed E-state index contributed by atoms with van der Waals surface area (Å²) in [5.41, 5.74) is 0.652. The van der Waals surface area contributed by atoms with Gasteiger partial charge in [-0.2, -0.15) is 0 Å². The maximum Gasteiger partial charge on any atom is 0.00681 e. The SMILES string of the molecule is CC(NCC1(C)CC1)C1CCN(C)CC1. The Morgan fingerprint density at radius 2 is 1.93 bits per heavy atom. The second-order valence-electron chi connectivity index (χ2n) is 6.12. The van der Waals surface area contributed by atoms with Crippen LogP contribution in [0.25, 0.3) is 0 Å². The Morgan fingerprint density at radius 1 is 1.33 bits per heavy atom. The van der Waals surface area contributed by atoms with Crippen LogP contribution in [0.3, 0.4) is 0 Å². The van der Waals surface area contributed by atoms with Crippen molar-refractivity contribution in [2.24, 2.45) is 11.3 Å². The lowest BCUT2D eigenvalue weighted by molar-refractivity contribution is 0.187. The quantitative estimate of drug-likeness (QED) is 0.764. The summed E-state index contributed by atoms with van der Waals surface area (Å²) in [6, 6.07) is 0.719. The first-order chi connectivity index (χ1) is 7.09. The number of nitrogens with zero attached hydrogens (tertiary/aromatic N) is 1. The fraction of sp³-hybridized carbons (Fsp3) is 1.00. The Morgan fingerprint density at radius 3 is 2.47 bits per heavy atom. The van der Waals surface area contributed by atoms with E-state index in [1.165, 1.54) is 45.3 Å². The van der Waals surface area contributed by atoms with Gasteiger partial charge in [-0.15, -0.1) is 0 Å². The van der Waals surface area contributed by atoms with Crippen LogP contribution in [-0.4, -0.2) is 37.6 Å². The van der Waals surface area contributed by atoms with Gasteiger partial charge in [0.05, 0.1) is 0 Å². The Hall–Kier alpha value is -0.0800. The molecular weight excluding hydrogens is 184 g/mol. The summed E-state index contributed by atoms with van der Waals surface area (Å²) in [7, 11) is 2.24. The average molecular weight is 210 g/mol. The van der Waals surface area contributed by atoms with E-state index < -0.39 is 0 Å². The molecule has 2 heteroatoms. The number of piperidine rings is 1. The normalized spacial score (nSPS) is 29.0. The van der Waals surface area contributed by atoms with E-state index in [0.29, 0.717) is 5.41 Å². The van der Waals surface area contributed by atoms with Gasteiger partial charge in [0.15, 0.2) is 0 Å². The molecule has 1 atom stereocenters. The van der Waals surface area contributed by atoms with Crippen LogP contribution in [0.15, 0.2) is 0 Å². The van der Waals surface area contributed by atoms with E-state index in [4.69, 9.17) is 0 Å². The largest absolute Gasteiger partial charge is 0.313 e. The predicted molar refractivity (Wildman–Crippen MR) is 65.0 cm³/mol. The molecule has 1 saturated carbocycles. The molecule has 1 N–H and O–H groups in total. The van der Waals surface area contributed by atoms with Gasteiger partial charge in [-0.25, -0.2) is 0 Å². The van der Waals surface area contributed by atoms with Crippen molar-refractivity contribution >= 4 is 0 Å². The third-order valence-corrected chi connectivity index (χ3v) is 4.42. The van der Waals surface area contributed by atoms with Gasteiger partial charge in [-0.05, 0) is 64.1 Å². The zero-order chi connectivity index (χ0) is 10.9. The minimum absolute atomic E-state index is 0.652. The van der Waals surface area contributed by atoms with Crippen molar-refractivity contribution in [1.82, 2.24) is 10.2 Å². The average Bonchev–Trinajstić information content (AvgIpc) is 2.95. The first kappa shape index (κ1) is 11.4. The van der Waals surface area contributed by atoms with Gasteiger partial charge in [0.2, 0.25) is 0 Å². The Kier molecular flexibility index (Phi) is 3.36. The van der Waals surface area contributed by atoms with Gasteiger partial charge in [-0.1, -0.05) is 6.92 Å². The maximum atomic E-state index is 3.75. The van der Waals surface area contributed by atoms with Gasteiger partial charge in [0, 0.05) is 12.6 Å². The highest BCUT2D eigenvalue weighted by Crippen LogP contribution is 2.44. The summed E-state index contributed by atoms with van der Waals surface area (Å²) in [5.74, 6) is 0.906. The Labute approximate surface area is 94.4 Å². The number of hydrogen-bond acceptors (Lipinski definition) is 2. The van der Waals surface area contributed by atoms with Gasteiger partial charge in [0.25, 0.3) is 0 Å². The van der Waals surface area contributed by atoms with E-state index in [1.54, 1.807) is 0 Å². The van der Waals surface area contributed by atoms with Gasteiger partial charge in [-0.3, -0.25) is 0 Å². The molecule has 0 aromatic carbocycles. The van der Waals surface area contributed by atoms with Crippen LogP contribution >= 0.6 is 0 Å². The molecular formula is C13H26N2. The Balaban J connectivity index is 1.68. The number of nitrogens with one attached hydrogen (secondary N) is 1. The van der Waals surface area contributed by atoms with Crippen molar-refractivity contribution in [3.63, 3.8) is 0 Å². The lowest BCUT2D eigenvalue weighted by Gasteiger charge is -2.33. The van der Waals surface area contributed by atoms with Crippen LogP contribution in [-0.2, 0) is 0 Å². The molecule has 2 rings (SSSR count). The summed E-state index contributed by atoms with van der Waals surface area (Å²) in [5, 5.41) is 3.75. The molecule has 2 fully saturated rings. The number of hydrogen-bond donors (Lipinski definition) is 1. The lowest BCUT2D eigenvalue weighted by Crippen LogP contribution is -2.42. The third-order valence-electron chi connectivity index (χ3n) is 4.42. The molecule has 2 aliphatic rings. The van der Waals surface area contributed by atoms with E-state index in [9.17, 15) is 0 Å². The smallest absolute Gasteiger partial charge is 0.00681 e. The molecule has 1 unspecified atom stereocenters. The summed E-state index contributed by atoms with van der Waals surface area (Å²) >= 11 is 0. The molecule has 2 nitrogen and oxygen atoms in total. The van der Waals surface area contributed by atoms with Crippen molar-refractivity contribution in [3.8, 4) is 0 Å². The van der Waals surface area contributed by atoms with Gasteiger partial charge in [0.1, 0.15) is 0 Å². The highest BCUT2D eigenvalue weighted by molar-refractivity contribution is 4.91. The van der Waals surface area contributed by atoms with Crippen molar-refractivity contribution in [2.45, 2.75) is 45.6 Å². The van der Waals surface area contributed by atoms with Crippen LogP contribution < -0.4 is 5.32 Å². The second kappa shape index (κ2) is 4.42. The van der Waals surface area contributed by atoms with E-state index in [0.717, 1.165) is 12.0 Å². The monoisotopic (exact) mass is 210 g/mol. The summed E-state index contributed by atoms with van der Waals surface area (Å²) in [4.78, 5) is 2.45. The molecule has 0 spiro atoms. The molecule has 1 saturated heterocycles. The first-order valence-corrected chi connectivity index (χ1v) is 6.51. The van der Waals surface area contributed by atoms with Crippen LogP contribution in [0.2, 0.25) is 0 Å². The Bertz CT molecular complexity index is 203. The molecule has 0 amide bonds. The summed E-state index contributed by atoms with van der Waals surface area (Å²) < 4.78 is 0. The topological polar surface area (TPSA) is 15.3 Å². The predicted octanol–water partition coefficient (Wildman–Crippen LogP) is 2.11. The van der Waals surface area contributed by atoms with Crippen LogP contribution in [0.1, 0.15) is 39.5 Å². The molecule has 0 aromatic heterocycles. The van der Waals surface area contributed by atoms with Crippen LogP contribution in [0.5, 0.6) is 0 Å². The maximum absolute atomic E-state index is 3.75. The molecule has 15 heavy (non-hydrogen) atoms. The lowest BCUT2D eigenvalue weighted by atomic mass is 9.90. The third kappa shape index (κ3) is 3.18. The highest BCUT2D eigenvalue weighted by atomic mass is 15.1. The molecule has 1 aliphatic carbocycles. The van der Waals surface area contributed by atoms with Crippen molar-refractivity contribution < 1.29 is 0 Å². The van der Waals surface area contributed by atoms with Crippen LogP contribution in [0.4, 0.5) is 0 Å². The second-order valence-corrected chi connectivity index (χ2v) is 6.12. The molecule has 0 radical (unpaired) electrons. The van der Waals surface area contributed by atoms with Crippen molar-refractivity contribution in [3.05, 3.63) is 0 Å². The van der Waals surface area contributed by atoms with E-state index >= 15 is 0 Å². The van der Waals surface area contributed by atoms with Gasteiger partial charge < -0.3 is 10.2 Å². The van der Waals surface area contributed by atoms with E-state index in [-0.39, 0.29) is 0 Å². The van der Waals surface area contributed by atoms with Crippen LogP contribution in [0, 0.1) is 11.3 Å².